The van der Waals surface area contributed by atoms with Gasteiger partial charge in [-0.25, -0.2) is 0 Å². The Morgan fingerprint density at radius 1 is 1.14 bits per heavy atom. The first-order valence-electron chi connectivity index (χ1n) is 10.2. The Morgan fingerprint density at radius 2 is 1.90 bits per heavy atom. The number of ketones is 1. The Bertz CT molecular complexity index is 943. The zero-order chi connectivity index (χ0) is 20.8. The molecule has 3 aromatic rings. The van der Waals surface area contributed by atoms with Crippen molar-refractivity contribution >= 4 is 17.5 Å². The summed E-state index contributed by atoms with van der Waals surface area (Å²) >= 11 is 1.43. The van der Waals surface area contributed by atoms with Crippen LogP contribution in [-0.4, -0.2) is 25.8 Å². The van der Waals surface area contributed by atoms with E-state index in [4.69, 9.17) is 4.42 Å². The fraction of sp³-hybridized carbons (Fsp3) is 0.435. The van der Waals surface area contributed by atoms with Crippen molar-refractivity contribution in [2.24, 2.45) is 7.05 Å². The van der Waals surface area contributed by atoms with Crippen molar-refractivity contribution in [3.63, 3.8) is 0 Å². The molecule has 29 heavy (non-hydrogen) atoms. The molecule has 0 amide bonds. The molecule has 6 heteroatoms. The molecule has 154 valence electrons. The first-order chi connectivity index (χ1) is 14.0. The van der Waals surface area contributed by atoms with Crippen LogP contribution in [0.15, 0.2) is 46.2 Å². The van der Waals surface area contributed by atoms with Gasteiger partial charge in [-0.15, -0.1) is 10.2 Å². The topological polar surface area (TPSA) is 60.9 Å². The number of unbranched alkanes of at least 4 members (excludes halogenated alkanes) is 3. The minimum absolute atomic E-state index is 0.108. The molecule has 2 aromatic heterocycles. The van der Waals surface area contributed by atoms with Crippen LogP contribution in [0, 0.1) is 6.92 Å². The van der Waals surface area contributed by atoms with Crippen LogP contribution in [0.5, 0.6) is 0 Å². The molecule has 3 rings (SSSR count). The van der Waals surface area contributed by atoms with Gasteiger partial charge in [0, 0.05) is 12.6 Å². The second kappa shape index (κ2) is 9.92. The van der Waals surface area contributed by atoms with Crippen LogP contribution in [0.4, 0.5) is 0 Å². The van der Waals surface area contributed by atoms with E-state index in [-0.39, 0.29) is 11.0 Å². The summed E-state index contributed by atoms with van der Waals surface area (Å²) in [5.74, 6) is 1.65. The van der Waals surface area contributed by atoms with Crippen LogP contribution < -0.4 is 0 Å². The fourth-order valence-corrected chi connectivity index (χ4v) is 4.20. The molecule has 1 atom stereocenters. The number of carbonyl (C=O) groups is 1. The molecule has 0 aliphatic heterocycles. The Kier molecular flexibility index (Phi) is 7.31. The Labute approximate surface area is 176 Å². The van der Waals surface area contributed by atoms with Gasteiger partial charge in [0.1, 0.15) is 5.76 Å². The summed E-state index contributed by atoms with van der Waals surface area (Å²) in [6, 6.07) is 9.94. The molecule has 0 saturated heterocycles. The highest BCUT2D eigenvalue weighted by Gasteiger charge is 2.21. The highest BCUT2D eigenvalue weighted by Crippen LogP contribution is 2.29. The molecule has 0 bridgehead atoms. The normalized spacial score (nSPS) is 12.3. The van der Waals surface area contributed by atoms with Crippen LogP contribution in [0.3, 0.4) is 0 Å². The lowest BCUT2D eigenvalue weighted by Crippen LogP contribution is -2.14. The second-order valence-corrected chi connectivity index (χ2v) is 8.70. The van der Waals surface area contributed by atoms with Crippen molar-refractivity contribution in [1.82, 2.24) is 14.8 Å². The van der Waals surface area contributed by atoms with Crippen LogP contribution >= 0.6 is 11.8 Å². The average Bonchev–Trinajstić information content (AvgIpc) is 3.30. The number of carbonyl (C=O) groups excluding carboxylic acids is 1. The van der Waals surface area contributed by atoms with Crippen molar-refractivity contribution in [2.75, 3.05) is 0 Å². The third-order valence-corrected chi connectivity index (χ3v) is 6.28. The van der Waals surface area contributed by atoms with Crippen molar-refractivity contribution in [1.29, 1.82) is 0 Å². The molecule has 5 nitrogen and oxygen atoms in total. The van der Waals surface area contributed by atoms with Crippen molar-refractivity contribution in [3.05, 3.63) is 53.5 Å². The molecular weight excluding hydrogens is 382 g/mol. The van der Waals surface area contributed by atoms with E-state index in [9.17, 15) is 4.79 Å². The SMILES string of the molecule is CCCCCCc1ccc(C(=O)[C@H](C)Sc2nnc(-c3ccoc3C)n2C)cc1. The third kappa shape index (κ3) is 5.18. The van der Waals surface area contributed by atoms with E-state index < -0.39 is 0 Å². The molecule has 0 saturated carbocycles. The number of furan rings is 1. The maximum absolute atomic E-state index is 12.9. The zero-order valence-electron chi connectivity index (χ0n) is 17.6. The lowest BCUT2D eigenvalue weighted by Gasteiger charge is -2.11. The number of aromatic nitrogens is 3. The molecular formula is C23H29N3O2S. The van der Waals surface area contributed by atoms with Gasteiger partial charge in [0.05, 0.1) is 17.1 Å². The van der Waals surface area contributed by atoms with Gasteiger partial charge in [-0.3, -0.25) is 4.79 Å². The van der Waals surface area contributed by atoms with Crippen LogP contribution in [0.25, 0.3) is 11.4 Å². The summed E-state index contributed by atoms with van der Waals surface area (Å²) in [6.45, 7) is 6.04. The van der Waals surface area contributed by atoms with Gasteiger partial charge in [0.2, 0.25) is 0 Å². The van der Waals surface area contributed by atoms with Crippen LogP contribution in [0.2, 0.25) is 0 Å². The molecule has 0 radical (unpaired) electrons. The summed E-state index contributed by atoms with van der Waals surface area (Å²) in [4.78, 5) is 12.9. The van der Waals surface area contributed by atoms with Crippen LogP contribution in [-0.2, 0) is 13.5 Å². The maximum atomic E-state index is 12.9. The van der Waals surface area contributed by atoms with Gasteiger partial charge in [-0.05, 0) is 38.3 Å². The van der Waals surface area contributed by atoms with E-state index in [1.54, 1.807) is 6.26 Å². The minimum Gasteiger partial charge on any atom is -0.469 e. The highest BCUT2D eigenvalue weighted by atomic mass is 32.2. The third-order valence-electron chi connectivity index (χ3n) is 5.14. The molecule has 2 heterocycles. The van der Waals surface area contributed by atoms with E-state index in [1.165, 1.54) is 43.0 Å². The predicted octanol–water partition coefficient (Wildman–Crippen LogP) is 5.87. The van der Waals surface area contributed by atoms with E-state index in [1.807, 2.05) is 43.7 Å². The summed E-state index contributed by atoms with van der Waals surface area (Å²) in [6.07, 6.45) is 7.73. The van der Waals surface area contributed by atoms with Crippen molar-refractivity contribution < 1.29 is 9.21 Å². The fourth-order valence-electron chi connectivity index (χ4n) is 3.31. The lowest BCUT2D eigenvalue weighted by atomic mass is 10.0. The molecule has 0 spiro atoms. The number of Topliss-reactive ketones (excluding diaryl/α,β-unsaturated/α-hetero) is 1. The smallest absolute Gasteiger partial charge is 0.191 e. The summed E-state index contributed by atoms with van der Waals surface area (Å²) in [7, 11) is 1.91. The Morgan fingerprint density at radius 3 is 2.55 bits per heavy atom. The molecule has 0 aliphatic rings. The zero-order valence-corrected chi connectivity index (χ0v) is 18.5. The van der Waals surface area contributed by atoms with Crippen molar-refractivity contribution in [2.45, 2.75) is 63.3 Å². The highest BCUT2D eigenvalue weighted by molar-refractivity contribution is 8.00. The number of aryl methyl sites for hydroxylation is 2. The van der Waals surface area contributed by atoms with Gasteiger partial charge in [-0.2, -0.15) is 0 Å². The van der Waals surface area contributed by atoms with E-state index in [0.29, 0.717) is 5.16 Å². The van der Waals surface area contributed by atoms with Gasteiger partial charge in [0.15, 0.2) is 16.8 Å². The second-order valence-electron chi connectivity index (χ2n) is 7.39. The number of nitrogens with zero attached hydrogens (tertiary/aromatic N) is 3. The largest absolute Gasteiger partial charge is 0.469 e. The number of benzene rings is 1. The van der Waals surface area contributed by atoms with E-state index in [0.717, 1.165) is 29.1 Å². The van der Waals surface area contributed by atoms with Gasteiger partial charge in [0.25, 0.3) is 0 Å². The molecule has 0 N–H and O–H groups in total. The quantitative estimate of drug-likeness (QED) is 0.237. The summed E-state index contributed by atoms with van der Waals surface area (Å²) in [5, 5.41) is 9.02. The van der Waals surface area contributed by atoms with Gasteiger partial charge >= 0.3 is 0 Å². The number of hydrogen-bond donors (Lipinski definition) is 0. The molecule has 0 unspecified atom stereocenters. The summed E-state index contributed by atoms with van der Waals surface area (Å²) < 4.78 is 7.27. The monoisotopic (exact) mass is 411 g/mol. The first-order valence-corrected chi connectivity index (χ1v) is 11.1. The number of thioether (sulfide) groups is 1. The van der Waals surface area contributed by atoms with E-state index >= 15 is 0 Å². The number of rotatable bonds is 10. The molecule has 0 fully saturated rings. The standard InChI is InChI=1S/C23H29N3O2S/c1-5-6-7-8-9-18-10-12-19(13-11-18)21(27)17(3)29-23-25-24-22(26(23)4)20-14-15-28-16(20)2/h10-15,17H,5-9H2,1-4H3/t17-/m0/s1. The molecule has 1 aromatic carbocycles. The Balaban J connectivity index is 1.62. The van der Waals surface area contributed by atoms with E-state index in [2.05, 4.69) is 29.3 Å². The van der Waals surface area contributed by atoms with Gasteiger partial charge in [-0.1, -0.05) is 62.2 Å². The predicted molar refractivity (Wildman–Crippen MR) is 117 cm³/mol. The maximum Gasteiger partial charge on any atom is 0.191 e. The Hall–Kier alpha value is -2.34. The lowest BCUT2D eigenvalue weighted by molar-refractivity contribution is 0.0994. The molecule has 0 aliphatic carbocycles. The minimum atomic E-state index is -0.244. The van der Waals surface area contributed by atoms with Crippen LogP contribution in [0.1, 0.15) is 61.2 Å². The van der Waals surface area contributed by atoms with Gasteiger partial charge < -0.3 is 8.98 Å². The first kappa shape index (κ1) is 21.4. The van der Waals surface area contributed by atoms with Crippen molar-refractivity contribution in [3.8, 4) is 11.4 Å². The number of hydrogen-bond acceptors (Lipinski definition) is 5. The average molecular weight is 412 g/mol. The summed E-state index contributed by atoms with van der Waals surface area (Å²) in [5.41, 5.74) is 2.96.